The molecule has 1 aliphatic rings. The highest BCUT2D eigenvalue weighted by Gasteiger charge is 2.50. The summed E-state index contributed by atoms with van der Waals surface area (Å²) >= 11 is 0. The summed E-state index contributed by atoms with van der Waals surface area (Å²) in [5, 5.41) is 9.75. The van der Waals surface area contributed by atoms with Crippen molar-refractivity contribution in [1.29, 1.82) is 0 Å². The van der Waals surface area contributed by atoms with E-state index in [0.29, 0.717) is 0 Å². The molecule has 2 heteroatoms. The highest BCUT2D eigenvalue weighted by molar-refractivity contribution is 5.42. The van der Waals surface area contributed by atoms with Gasteiger partial charge in [-0.15, -0.1) is 0 Å². The Labute approximate surface area is 79.0 Å². The summed E-state index contributed by atoms with van der Waals surface area (Å²) in [5.74, 6) is 0. The first-order chi connectivity index (χ1) is 6.08. The van der Waals surface area contributed by atoms with Crippen molar-refractivity contribution in [3.05, 3.63) is 23.0 Å². The highest BCUT2D eigenvalue weighted by Crippen LogP contribution is 2.52. The van der Waals surface area contributed by atoms with Crippen LogP contribution in [0.3, 0.4) is 0 Å². The van der Waals surface area contributed by atoms with Gasteiger partial charge < -0.3 is 10.1 Å². The Morgan fingerprint density at radius 1 is 1.46 bits per heavy atom. The molecule has 0 amide bonds. The van der Waals surface area contributed by atoms with E-state index in [-0.39, 0.29) is 11.5 Å². The van der Waals surface area contributed by atoms with E-state index in [1.54, 1.807) is 0 Å². The van der Waals surface area contributed by atoms with Crippen molar-refractivity contribution in [2.45, 2.75) is 45.1 Å². The van der Waals surface area contributed by atoms with E-state index in [1.807, 2.05) is 13.1 Å². The number of aromatic amines is 1. The lowest BCUT2D eigenvalue weighted by atomic mass is 9.88. The fraction of sp³-hybridized carbons (Fsp3) is 0.636. The third kappa shape index (κ3) is 1.12. The largest absolute Gasteiger partial charge is 0.392 e. The molecule has 1 aromatic rings. The van der Waals surface area contributed by atoms with Crippen molar-refractivity contribution in [2.24, 2.45) is 0 Å². The first kappa shape index (κ1) is 8.82. The van der Waals surface area contributed by atoms with Crippen LogP contribution in [0.25, 0.3) is 0 Å². The Hall–Kier alpha value is -0.760. The number of aromatic nitrogens is 1. The van der Waals surface area contributed by atoms with E-state index in [4.69, 9.17) is 0 Å². The molecular formula is C11H17NO. The standard InChI is InChI=1S/C11H17NO/c1-7-6-12-8(2)10(7)11(4-5-11)9(3)13/h6,9,12-13H,4-5H2,1-3H3. The van der Waals surface area contributed by atoms with E-state index in [0.717, 1.165) is 12.8 Å². The van der Waals surface area contributed by atoms with Gasteiger partial charge in [0.05, 0.1) is 6.10 Å². The zero-order valence-corrected chi connectivity index (χ0v) is 8.52. The number of aryl methyl sites for hydroxylation is 2. The lowest BCUT2D eigenvalue weighted by molar-refractivity contribution is 0.150. The summed E-state index contributed by atoms with van der Waals surface area (Å²) in [4.78, 5) is 3.23. The Balaban J connectivity index is 2.45. The number of hydrogen-bond acceptors (Lipinski definition) is 1. The summed E-state index contributed by atoms with van der Waals surface area (Å²) in [6.45, 7) is 6.10. The van der Waals surface area contributed by atoms with E-state index in [9.17, 15) is 5.11 Å². The molecule has 0 aromatic carbocycles. The van der Waals surface area contributed by atoms with Crippen LogP contribution in [-0.4, -0.2) is 16.2 Å². The lowest BCUT2D eigenvalue weighted by Gasteiger charge is -2.19. The molecule has 0 aliphatic heterocycles. The summed E-state index contributed by atoms with van der Waals surface area (Å²) in [6.07, 6.45) is 4.07. The van der Waals surface area contributed by atoms with Crippen molar-refractivity contribution < 1.29 is 5.11 Å². The summed E-state index contributed by atoms with van der Waals surface area (Å²) < 4.78 is 0. The number of hydrogen-bond donors (Lipinski definition) is 2. The third-order valence-electron chi connectivity index (χ3n) is 3.36. The van der Waals surface area contributed by atoms with E-state index in [1.165, 1.54) is 16.8 Å². The van der Waals surface area contributed by atoms with E-state index < -0.39 is 0 Å². The Morgan fingerprint density at radius 3 is 2.38 bits per heavy atom. The predicted molar refractivity (Wildman–Crippen MR) is 52.9 cm³/mol. The molecule has 72 valence electrons. The van der Waals surface area contributed by atoms with Gasteiger partial charge >= 0.3 is 0 Å². The molecule has 13 heavy (non-hydrogen) atoms. The molecule has 1 fully saturated rings. The normalized spacial score (nSPS) is 21.5. The summed E-state index contributed by atoms with van der Waals surface area (Å²) in [6, 6.07) is 0. The zero-order chi connectivity index (χ0) is 9.64. The molecule has 2 N–H and O–H groups in total. The minimum absolute atomic E-state index is 0.0775. The van der Waals surface area contributed by atoms with Gasteiger partial charge in [-0.1, -0.05) is 0 Å². The SMILES string of the molecule is Cc1c[nH]c(C)c1C1(C(C)O)CC1. The van der Waals surface area contributed by atoms with Gasteiger partial charge in [0.25, 0.3) is 0 Å². The second kappa shape index (κ2) is 2.61. The van der Waals surface area contributed by atoms with Crippen LogP contribution in [0.1, 0.15) is 36.6 Å². The third-order valence-corrected chi connectivity index (χ3v) is 3.36. The Kier molecular flexibility index (Phi) is 1.77. The minimum atomic E-state index is -0.222. The molecular weight excluding hydrogens is 162 g/mol. The van der Waals surface area contributed by atoms with E-state index >= 15 is 0 Å². The molecule has 2 rings (SSSR count). The molecule has 1 aromatic heterocycles. The molecule has 2 nitrogen and oxygen atoms in total. The molecule has 1 heterocycles. The number of aliphatic hydroxyl groups excluding tert-OH is 1. The second-order valence-electron chi connectivity index (χ2n) is 4.30. The first-order valence-corrected chi connectivity index (χ1v) is 4.91. The minimum Gasteiger partial charge on any atom is -0.392 e. The number of aliphatic hydroxyl groups is 1. The topological polar surface area (TPSA) is 36.0 Å². The second-order valence-corrected chi connectivity index (χ2v) is 4.30. The number of H-pyrrole nitrogens is 1. The highest BCUT2D eigenvalue weighted by atomic mass is 16.3. The molecule has 0 saturated heterocycles. The van der Waals surface area contributed by atoms with Gasteiger partial charge in [-0.2, -0.15) is 0 Å². The van der Waals surface area contributed by atoms with Crippen LogP contribution < -0.4 is 0 Å². The quantitative estimate of drug-likeness (QED) is 0.716. The maximum Gasteiger partial charge on any atom is 0.0609 e. The van der Waals surface area contributed by atoms with Crippen LogP contribution in [0.5, 0.6) is 0 Å². The van der Waals surface area contributed by atoms with Crippen LogP contribution >= 0.6 is 0 Å². The maximum atomic E-state index is 9.75. The first-order valence-electron chi connectivity index (χ1n) is 4.91. The van der Waals surface area contributed by atoms with Crippen LogP contribution in [0.15, 0.2) is 6.20 Å². The molecule has 0 radical (unpaired) electrons. The summed E-state index contributed by atoms with van der Waals surface area (Å²) in [7, 11) is 0. The van der Waals surface area contributed by atoms with E-state index in [2.05, 4.69) is 18.8 Å². The van der Waals surface area contributed by atoms with Gasteiger partial charge in [-0.05, 0) is 44.7 Å². The molecule has 1 saturated carbocycles. The number of rotatable bonds is 2. The van der Waals surface area contributed by atoms with Crippen molar-refractivity contribution in [3.8, 4) is 0 Å². The van der Waals surface area contributed by atoms with Crippen LogP contribution in [-0.2, 0) is 5.41 Å². The Morgan fingerprint density at radius 2 is 2.08 bits per heavy atom. The maximum absolute atomic E-state index is 9.75. The molecule has 0 spiro atoms. The number of nitrogens with one attached hydrogen (secondary N) is 1. The van der Waals surface area contributed by atoms with Crippen molar-refractivity contribution >= 4 is 0 Å². The Bertz CT molecular complexity index is 301. The van der Waals surface area contributed by atoms with Gasteiger partial charge in [0.1, 0.15) is 0 Å². The zero-order valence-electron chi connectivity index (χ0n) is 8.52. The van der Waals surface area contributed by atoms with Gasteiger partial charge in [0.2, 0.25) is 0 Å². The van der Waals surface area contributed by atoms with Crippen molar-refractivity contribution in [2.75, 3.05) is 0 Å². The van der Waals surface area contributed by atoms with Gasteiger partial charge in [-0.3, -0.25) is 0 Å². The fourth-order valence-corrected chi connectivity index (χ4v) is 2.43. The predicted octanol–water partition coefficient (Wildman–Crippen LogP) is 2.04. The molecule has 0 bridgehead atoms. The molecule has 1 atom stereocenters. The molecule has 1 aliphatic carbocycles. The average Bonchev–Trinajstić information content (AvgIpc) is 2.77. The lowest BCUT2D eigenvalue weighted by Crippen LogP contribution is -2.23. The van der Waals surface area contributed by atoms with Gasteiger partial charge in [-0.25, -0.2) is 0 Å². The average molecular weight is 179 g/mol. The van der Waals surface area contributed by atoms with Crippen molar-refractivity contribution in [1.82, 2.24) is 4.98 Å². The van der Waals surface area contributed by atoms with Crippen LogP contribution in [0, 0.1) is 13.8 Å². The fourth-order valence-electron chi connectivity index (χ4n) is 2.43. The molecule has 1 unspecified atom stereocenters. The van der Waals surface area contributed by atoms with Gasteiger partial charge in [0, 0.05) is 17.3 Å². The smallest absolute Gasteiger partial charge is 0.0609 e. The van der Waals surface area contributed by atoms with Crippen LogP contribution in [0.2, 0.25) is 0 Å². The summed E-state index contributed by atoms with van der Waals surface area (Å²) in [5.41, 5.74) is 3.93. The monoisotopic (exact) mass is 179 g/mol. The van der Waals surface area contributed by atoms with Crippen molar-refractivity contribution in [3.63, 3.8) is 0 Å². The van der Waals surface area contributed by atoms with Gasteiger partial charge in [0.15, 0.2) is 0 Å². The van der Waals surface area contributed by atoms with Crippen LogP contribution in [0.4, 0.5) is 0 Å².